The minimum Gasteiger partial charge on any atom is -0.462 e. The zero-order valence-corrected chi connectivity index (χ0v) is 6.46. The Labute approximate surface area is 64.2 Å². The van der Waals surface area contributed by atoms with Gasteiger partial charge in [-0.1, -0.05) is 0 Å². The molecule has 0 aromatic heterocycles. The van der Waals surface area contributed by atoms with E-state index in [-0.39, 0.29) is 12.3 Å². The van der Waals surface area contributed by atoms with Gasteiger partial charge in [-0.15, -0.1) is 0 Å². The molecule has 0 aromatic rings. The van der Waals surface area contributed by atoms with Gasteiger partial charge in [0, 0.05) is 0 Å². The van der Waals surface area contributed by atoms with E-state index in [0.29, 0.717) is 0 Å². The number of ether oxygens (including phenoxy) is 1. The number of hydrogen-bond donors (Lipinski definition) is 1. The predicted octanol–water partition coefficient (Wildman–Crippen LogP) is 0.0891. The number of primary amides is 1. The van der Waals surface area contributed by atoms with Gasteiger partial charge >= 0.3 is 12.0 Å². The SMILES string of the molecule is CCOC(=O)C(C)=NC(N)=O. The van der Waals surface area contributed by atoms with E-state index in [1.807, 2.05) is 0 Å². The van der Waals surface area contributed by atoms with Crippen LogP contribution in [0.5, 0.6) is 0 Å². The lowest BCUT2D eigenvalue weighted by Gasteiger charge is -1.97. The van der Waals surface area contributed by atoms with E-state index in [2.05, 4.69) is 9.73 Å². The Bertz CT molecular complexity index is 198. The minimum atomic E-state index is -0.893. The summed E-state index contributed by atoms with van der Waals surface area (Å²) < 4.78 is 4.53. The summed E-state index contributed by atoms with van der Waals surface area (Å²) >= 11 is 0. The van der Waals surface area contributed by atoms with Crippen molar-refractivity contribution >= 4 is 17.7 Å². The van der Waals surface area contributed by atoms with Gasteiger partial charge in [-0.05, 0) is 13.8 Å². The minimum absolute atomic E-state index is 0.0284. The molecule has 0 aliphatic heterocycles. The van der Waals surface area contributed by atoms with Crippen molar-refractivity contribution in [1.29, 1.82) is 0 Å². The van der Waals surface area contributed by atoms with Crippen molar-refractivity contribution < 1.29 is 14.3 Å². The van der Waals surface area contributed by atoms with Crippen molar-refractivity contribution in [3.8, 4) is 0 Å². The zero-order valence-electron chi connectivity index (χ0n) is 6.46. The van der Waals surface area contributed by atoms with Crippen molar-refractivity contribution in [2.75, 3.05) is 6.61 Å². The van der Waals surface area contributed by atoms with Gasteiger partial charge in [-0.3, -0.25) is 0 Å². The fraction of sp³-hybridized carbons (Fsp3) is 0.500. The molecule has 0 aliphatic rings. The Morgan fingerprint density at radius 3 is 2.45 bits per heavy atom. The van der Waals surface area contributed by atoms with Crippen molar-refractivity contribution in [2.24, 2.45) is 10.7 Å². The van der Waals surface area contributed by atoms with Gasteiger partial charge in [0.25, 0.3) is 0 Å². The third-order valence-electron chi connectivity index (χ3n) is 0.849. The molecule has 0 unspecified atom stereocenters. The molecule has 0 atom stereocenters. The molecule has 0 rings (SSSR count). The molecule has 0 radical (unpaired) electrons. The Morgan fingerprint density at radius 1 is 1.55 bits per heavy atom. The predicted molar refractivity (Wildman–Crippen MR) is 39.3 cm³/mol. The second kappa shape index (κ2) is 4.43. The van der Waals surface area contributed by atoms with E-state index in [1.165, 1.54) is 6.92 Å². The van der Waals surface area contributed by atoms with Gasteiger partial charge in [0.05, 0.1) is 6.61 Å². The Kier molecular flexibility index (Phi) is 3.87. The van der Waals surface area contributed by atoms with Gasteiger partial charge in [-0.2, -0.15) is 4.99 Å². The first kappa shape index (κ1) is 9.61. The molecule has 2 amide bonds. The molecule has 0 bridgehead atoms. The largest absolute Gasteiger partial charge is 0.462 e. The highest BCUT2D eigenvalue weighted by molar-refractivity contribution is 6.37. The summed E-state index contributed by atoms with van der Waals surface area (Å²) in [5.74, 6) is -0.619. The van der Waals surface area contributed by atoms with E-state index in [0.717, 1.165) is 0 Å². The van der Waals surface area contributed by atoms with Gasteiger partial charge < -0.3 is 10.5 Å². The fourth-order valence-corrected chi connectivity index (χ4v) is 0.446. The molecule has 0 aromatic carbocycles. The molecule has 11 heavy (non-hydrogen) atoms. The lowest BCUT2D eigenvalue weighted by molar-refractivity contribution is -0.135. The smallest absolute Gasteiger partial charge is 0.352 e. The third-order valence-corrected chi connectivity index (χ3v) is 0.849. The van der Waals surface area contributed by atoms with Gasteiger partial charge in [0.1, 0.15) is 5.71 Å². The number of amides is 2. The van der Waals surface area contributed by atoms with Crippen molar-refractivity contribution in [1.82, 2.24) is 0 Å². The summed E-state index contributed by atoms with van der Waals surface area (Å²) in [5, 5.41) is 0. The highest BCUT2D eigenvalue weighted by Crippen LogP contribution is 1.84. The standard InChI is InChI=1S/C6H10N2O3/c1-3-11-5(9)4(2)8-6(7)10/h3H2,1-2H3,(H2,7,10). The molecular weight excluding hydrogens is 148 g/mol. The normalized spacial score (nSPS) is 10.9. The first-order chi connectivity index (χ1) is 5.07. The van der Waals surface area contributed by atoms with E-state index >= 15 is 0 Å². The summed E-state index contributed by atoms with van der Waals surface area (Å²) in [6, 6.07) is -0.893. The third kappa shape index (κ3) is 4.07. The van der Waals surface area contributed by atoms with Gasteiger partial charge in [0.2, 0.25) is 0 Å². The van der Waals surface area contributed by atoms with E-state index in [4.69, 9.17) is 5.73 Å². The molecule has 5 nitrogen and oxygen atoms in total. The number of hydrogen-bond acceptors (Lipinski definition) is 3. The van der Waals surface area contributed by atoms with Crippen molar-refractivity contribution in [3.63, 3.8) is 0 Å². The molecule has 0 fully saturated rings. The summed E-state index contributed by atoms with van der Waals surface area (Å²) in [5.41, 5.74) is 4.66. The molecule has 0 saturated heterocycles. The number of urea groups is 1. The Balaban J connectivity index is 4.12. The van der Waals surface area contributed by atoms with E-state index in [9.17, 15) is 9.59 Å². The van der Waals surface area contributed by atoms with E-state index in [1.54, 1.807) is 6.92 Å². The van der Waals surface area contributed by atoms with Crippen LogP contribution in [0.2, 0.25) is 0 Å². The molecule has 0 aliphatic carbocycles. The summed E-state index contributed by atoms with van der Waals surface area (Å²) in [4.78, 5) is 24.0. The summed E-state index contributed by atoms with van der Waals surface area (Å²) in [6.45, 7) is 3.28. The van der Waals surface area contributed by atoms with Crippen LogP contribution in [-0.4, -0.2) is 24.3 Å². The van der Waals surface area contributed by atoms with Crippen LogP contribution in [0.3, 0.4) is 0 Å². The van der Waals surface area contributed by atoms with Gasteiger partial charge in [-0.25, -0.2) is 9.59 Å². The topological polar surface area (TPSA) is 81.8 Å². The number of carbonyl (C=O) groups is 2. The number of aliphatic imine (C=N–C) groups is 1. The molecule has 62 valence electrons. The number of nitrogens with two attached hydrogens (primary N) is 1. The van der Waals surface area contributed by atoms with Crippen LogP contribution in [0.15, 0.2) is 4.99 Å². The van der Waals surface area contributed by atoms with Crippen LogP contribution in [0.1, 0.15) is 13.8 Å². The second-order valence-electron chi connectivity index (χ2n) is 1.76. The second-order valence-corrected chi connectivity index (χ2v) is 1.76. The average molecular weight is 158 g/mol. The maximum Gasteiger partial charge on any atom is 0.352 e. The quantitative estimate of drug-likeness (QED) is 0.456. The van der Waals surface area contributed by atoms with Crippen LogP contribution >= 0.6 is 0 Å². The molecule has 0 saturated carbocycles. The summed E-state index contributed by atoms with van der Waals surface area (Å²) in [6.07, 6.45) is 0. The monoisotopic (exact) mass is 158 g/mol. The van der Waals surface area contributed by atoms with Crippen LogP contribution in [0, 0.1) is 0 Å². The maximum atomic E-state index is 10.7. The number of nitrogens with zero attached hydrogens (tertiary/aromatic N) is 1. The maximum absolute atomic E-state index is 10.7. The molecular formula is C6H10N2O3. The van der Waals surface area contributed by atoms with Crippen LogP contribution in [-0.2, 0) is 9.53 Å². The van der Waals surface area contributed by atoms with Crippen LogP contribution in [0.25, 0.3) is 0 Å². The molecule has 2 N–H and O–H groups in total. The fourth-order valence-electron chi connectivity index (χ4n) is 0.446. The average Bonchev–Trinajstić information content (AvgIpc) is 1.86. The van der Waals surface area contributed by atoms with Crippen molar-refractivity contribution in [2.45, 2.75) is 13.8 Å². The lowest BCUT2D eigenvalue weighted by Crippen LogP contribution is -2.17. The van der Waals surface area contributed by atoms with Crippen LogP contribution in [0.4, 0.5) is 4.79 Å². The highest BCUT2D eigenvalue weighted by atomic mass is 16.5. The highest BCUT2D eigenvalue weighted by Gasteiger charge is 2.06. The van der Waals surface area contributed by atoms with E-state index < -0.39 is 12.0 Å². The van der Waals surface area contributed by atoms with Gasteiger partial charge in [0.15, 0.2) is 0 Å². The molecule has 5 heteroatoms. The Morgan fingerprint density at radius 2 is 2.09 bits per heavy atom. The lowest BCUT2D eigenvalue weighted by atomic mass is 10.4. The number of esters is 1. The Hall–Kier alpha value is -1.39. The first-order valence-corrected chi connectivity index (χ1v) is 3.09. The van der Waals surface area contributed by atoms with Crippen molar-refractivity contribution in [3.05, 3.63) is 0 Å². The molecule has 0 spiro atoms. The number of rotatable bonds is 2. The summed E-state index contributed by atoms with van der Waals surface area (Å²) in [7, 11) is 0. The first-order valence-electron chi connectivity index (χ1n) is 3.09. The number of carbonyl (C=O) groups excluding carboxylic acids is 2. The molecule has 0 heterocycles. The van der Waals surface area contributed by atoms with Crippen LogP contribution < -0.4 is 5.73 Å². The zero-order chi connectivity index (χ0) is 8.85.